The minimum Gasteiger partial charge on any atom is -0.379 e. The smallest absolute Gasteiger partial charge is 0.152 e. The number of nitrogens with one attached hydrogen (secondary N) is 1. The van der Waals surface area contributed by atoms with Gasteiger partial charge in [-0.2, -0.15) is 0 Å². The van der Waals surface area contributed by atoms with Gasteiger partial charge in [0.1, 0.15) is 0 Å². The Balaban J connectivity index is 2.16. The Morgan fingerprint density at radius 3 is 2.59 bits per heavy atom. The van der Waals surface area contributed by atoms with Crippen LogP contribution in [-0.4, -0.2) is 11.0 Å². The fourth-order valence-electron chi connectivity index (χ4n) is 2.80. The second-order valence-corrected chi connectivity index (χ2v) is 5.76. The Kier molecular flexibility index (Phi) is 3.93. The highest BCUT2D eigenvalue weighted by Gasteiger charge is 2.27. The van der Waals surface area contributed by atoms with Gasteiger partial charge in [-0.1, -0.05) is 31.9 Å². The van der Waals surface area contributed by atoms with Crippen molar-refractivity contribution in [2.75, 3.05) is 5.32 Å². The zero-order valence-corrected chi connectivity index (χ0v) is 11.6. The van der Waals surface area contributed by atoms with E-state index in [9.17, 15) is 0 Å². The van der Waals surface area contributed by atoms with Gasteiger partial charge in [0.15, 0.2) is 5.15 Å². The highest BCUT2D eigenvalue weighted by atomic mass is 35.5. The zero-order valence-electron chi connectivity index (χ0n) is 10.8. The predicted molar refractivity (Wildman–Crippen MR) is 73.6 cm³/mol. The molecule has 3 heteroatoms. The Labute approximate surface area is 109 Å². The number of pyridine rings is 1. The van der Waals surface area contributed by atoms with Crippen molar-refractivity contribution in [1.82, 2.24) is 4.98 Å². The molecule has 1 aromatic heterocycles. The fourth-order valence-corrected chi connectivity index (χ4v) is 2.96. The van der Waals surface area contributed by atoms with Crippen LogP contribution >= 0.6 is 11.6 Å². The molecule has 1 heterocycles. The highest BCUT2D eigenvalue weighted by Crippen LogP contribution is 2.32. The molecule has 17 heavy (non-hydrogen) atoms. The molecule has 1 saturated carbocycles. The SMILES string of the molecule is Cc1cnc(Cl)c(NC2C(C)CCCC2C)c1. The van der Waals surface area contributed by atoms with Crippen LogP contribution in [0.3, 0.4) is 0 Å². The molecular formula is C14H21ClN2. The topological polar surface area (TPSA) is 24.9 Å². The lowest BCUT2D eigenvalue weighted by molar-refractivity contribution is 0.268. The lowest BCUT2D eigenvalue weighted by atomic mass is 9.78. The fraction of sp³-hybridized carbons (Fsp3) is 0.643. The van der Waals surface area contributed by atoms with E-state index in [0.29, 0.717) is 23.0 Å². The van der Waals surface area contributed by atoms with Crippen molar-refractivity contribution in [2.24, 2.45) is 11.8 Å². The van der Waals surface area contributed by atoms with Gasteiger partial charge in [-0.05, 0) is 43.2 Å². The highest BCUT2D eigenvalue weighted by molar-refractivity contribution is 6.31. The molecule has 2 rings (SSSR count). The van der Waals surface area contributed by atoms with Crippen molar-refractivity contribution < 1.29 is 0 Å². The van der Waals surface area contributed by atoms with Crippen molar-refractivity contribution in [1.29, 1.82) is 0 Å². The molecule has 0 aromatic carbocycles. The molecule has 0 aliphatic heterocycles. The minimum absolute atomic E-state index is 0.518. The van der Waals surface area contributed by atoms with Gasteiger partial charge in [0, 0.05) is 12.2 Å². The Morgan fingerprint density at radius 2 is 1.94 bits per heavy atom. The molecule has 2 unspecified atom stereocenters. The van der Waals surface area contributed by atoms with Crippen LogP contribution in [0.15, 0.2) is 12.3 Å². The molecule has 0 amide bonds. The Hall–Kier alpha value is -0.760. The summed E-state index contributed by atoms with van der Waals surface area (Å²) in [5, 5.41) is 4.18. The van der Waals surface area contributed by atoms with Crippen LogP contribution in [0, 0.1) is 18.8 Å². The van der Waals surface area contributed by atoms with Crippen LogP contribution in [0.2, 0.25) is 5.15 Å². The molecule has 0 bridgehead atoms. The average molecular weight is 253 g/mol. The summed E-state index contributed by atoms with van der Waals surface area (Å²) in [4.78, 5) is 4.20. The lowest BCUT2D eigenvalue weighted by Gasteiger charge is -2.36. The number of hydrogen-bond donors (Lipinski definition) is 1. The van der Waals surface area contributed by atoms with E-state index in [0.717, 1.165) is 11.3 Å². The molecule has 1 aromatic rings. The standard InChI is InChI=1S/C14H21ClN2/c1-9-7-12(14(15)16-8-9)17-13-10(2)5-4-6-11(13)3/h7-8,10-11,13,17H,4-6H2,1-3H3. The van der Waals surface area contributed by atoms with Crippen LogP contribution in [0.1, 0.15) is 38.7 Å². The Bertz CT molecular complexity index is 382. The van der Waals surface area contributed by atoms with Gasteiger partial charge < -0.3 is 5.32 Å². The summed E-state index contributed by atoms with van der Waals surface area (Å²) >= 11 is 6.14. The number of rotatable bonds is 2. The molecule has 94 valence electrons. The molecule has 0 saturated heterocycles. The largest absolute Gasteiger partial charge is 0.379 e. The summed E-state index contributed by atoms with van der Waals surface area (Å²) in [5.41, 5.74) is 2.13. The van der Waals surface area contributed by atoms with E-state index in [1.54, 1.807) is 6.20 Å². The normalized spacial score (nSPS) is 29.1. The first-order valence-corrected chi connectivity index (χ1v) is 6.84. The maximum Gasteiger partial charge on any atom is 0.152 e. The zero-order chi connectivity index (χ0) is 12.4. The summed E-state index contributed by atoms with van der Waals surface area (Å²) in [7, 11) is 0. The molecule has 1 aliphatic carbocycles. The summed E-state index contributed by atoms with van der Waals surface area (Å²) in [6, 6.07) is 2.61. The summed E-state index contributed by atoms with van der Waals surface area (Å²) < 4.78 is 0. The number of aromatic nitrogens is 1. The molecule has 1 fully saturated rings. The van der Waals surface area contributed by atoms with Gasteiger partial charge in [-0.25, -0.2) is 4.98 Å². The van der Waals surface area contributed by atoms with Crippen molar-refractivity contribution in [2.45, 2.75) is 46.1 Å². The van der Waals surface area contributed by atoms with Crippen molar-refractivity contribution in [3.05, 3.63) is 23.0 Å². The first-order chi connectivity index (χ1) is 8.08. The van der Waals surface area contributed by atoms with Gasteiger partial charge in [-0.3, -0.25) is 0 Å². The first kappa shape index (κ1) is 12.7. The maximum atomic E-state index is 6.14. The van der Waals surface area contributed by atoms with E-state index in [1.165, 1.54) is 19.3 Å². The van der Waals surface area contributed by atoms with Gasteiger partial charge in [0.2, 0.25) is 0 Å². The van der Waals surface area contributed by atoms with Crippen LogP contribution in [0.4, 0.5) is 5.69 Å². The van der Waals surface area contributed by atoms with Crippen LogP contribution in [0.25, 0.3) is 0 Å². The van der Waals surface area contributed by atoms with Crippen molar-refractivity contribution in [3.8, 4) is 0 Å². The van der Waals surface area contributed by atoms with E-state index in [-0.39, 0.29) is 0 Å². The molecular weight excluding hydrogens is 232 g/mol. The van der Waals surface area contributed by atoms with Gasteiger partial charge >= 0.3 is 0 Å². The average Bonchev–Trinajstić information content (AvgIpc) is 2.28. The molecule has 2 atom stereocenters. The van der Waals surface area contributed by atoms with Crippen molar-refractivity contribution >= 4 is 17.3 Å². The van der Waals surface area contributed by atoms with Gasteiger partial charge in [0.25, 0.3) is 0 Å². The quantitative estimate of drug-likeness (QED) is 0.795. The van der Waals surface area contributed by atoms with E-state index in [1.807, 2.05) is 6.92 Å². The van der Waals surface area contributed by atoms with Gasteiger partial charge in [0.05, 0.1) is 5.69 Å². The van der Waals surface area contributed by atoms with E-state index < -0.39 is 0 Å². The number of hydrogen-bond acceptors (Lipinski definition) is 2. The summed E-state index contributed by atoms with van der Waals surface area (Å²) in [6.45, 7) is 6.69. The molecule has 0 spiro atoms. The van der Waals surface area contributed by atoms with Crippen LogP contribution in [-0.2, 0) is 0 Å². The maximum absolute atomic E-state index is 6.14. The number of nitrogens with zero attached hydrogens (tertiary/aromatic N) is 1. The third-order valence-electron chi connectivity index (χ3n) is 3.84. The number of aryl methyl sites for hydroxylation is 1. The van der Waals surface area contributed by atoms with E-state index in [2.05, 4.69) is 30.2 Å². The minimum atomic E-state index is 0.518. The number of halogens is 1. The second-order valence-electron chi connectivity index (χ2n) is 5.41. The summed E-state index contributed by atoms with van der Waals surface area (Å²) in [5.74, 6) is 1.41. The first-order valence-electron chi connectivity index (χ1n) is 6.46. The lowest BCUT2D eigenvalue weighted by Crippen LogP contribution is -2.37. The number of anilines is 1. The Morgan fingerprint density at radius 1 is 1.29 bits per heavy atom. The molecule has 1 N–H and O–H groups in total. The predicted octanol–water partition coefficient (Wildman–Crippen LogP) is 4.28. The van der Waals surface area contributed by atoms with Crippen molar-refractivity contribution in [3.63, 3.8) is 0 Å². The molecule has 1 aliphatic rings. The third kappa shape index (κ3) is 2.92. The van der Waals surface area contributed by atoms with Crippen LogP contribution < -0.4 is 5.32 Å². The van der Waals surface area contributed by atoms with Gasteiger partial charge in [-0.15, -0.1) is 0 Å². The van der Waals surface area contributed by atoms with E-state index >= 15 is 0 Å². The van der Waals surface area contributed by atoms with Crippen LogP contribution in [0.5, 0.6) is 0 Å². The second kappa shape index (κ2) is 5.26. The monoisotopic (exact) mass is 252 g/mol. The molecule has 2 nitrogen and oxygen atoms in total. The molecule has 0 radical (unpaired) electrons. The summed E-state index contributed by atoms with van der Waals surface area (Å²) in [6.07, 6.45) is 5.76. The third-order valence-corrected chi connectivity index (χ3v) is 4.14. The van der Waals surface area contributed by atoms with E-state index in [4.69, 9.17) is 11.6 Å².